The normalized spacial score (nSPS) is 22.8. The molecule has 7 heteroatoms. The maximum atomic E-state index is 12.8. The molecule has 0 aliphatic carbocycles. The van der Waals surface area contributed by atoms with Gasteiger partial charge in [-0.15, -0.1) is 0 Å². The van der Waals surface area contributed by atoms with Gasteiger partial charge in [0.1, 0.15) is 11.9 Å². The average Bonchev–Trinajstić information content (AvgIpc) is 3.21. The molecule has 2 aromatic carbocycles. The molecule has 1 saturated heterocycles. The van der Waals surface area contributed by atoms with Gasteiger partial charge in [0.2, 0.25) is 0 Å². The van der Waals surface area contributed by atoms with Gasteiger partial charge in [-0.05, 0) is 43.2 Å². The van der Waals surface area contributed by atoms with Crippen LogP contribution in [0.15, 0.2) is 53.5 Å². The standard InChI is InChI=1S/C25H32N4O3/c1-17-15-29(16-18(2)31-17)24(30)20-10-8-19(9-11-20)13-27-25(26-3)28-14-22-12-21-6-4-5-7-23(21)32-22/h4-11,17-18,22H,12-16H2,1-3H3,(H2,26,27,28). The molecular weight excluding hydrogens is 404 g/mol. The Morgan fingerprint density at radius 3 is 2.47 bits per heavy atom. The number of aliphatic imine (C=N–C) groups is 1. The molecule has 4 rings (SSSR count). The van der Waals surface area contributed by atoms with Gasteiger partial charge in [-0.1, -0.05) is 30.3 Å². The van der Waals surface area contributed by atoms with E-state index in [-0.39, 0.29) is 24.2 Å². The van der Waals surface area contributed by atoms with E-state index in [9.17, 15) is 4.79 Å². The van der Waals surface area contributed by atoms with Gasteiger partial charge < -0.3 is 25.0 Å². The fourth-order valence-corrected chi connectivity index (χ4v) is 4.28. The lowest BCUT2D eigenvalue weighted by molar-refractivity contribution is -0.0586. The summed E-state index contributed by atoms with van der Waals surface area (Å²) in [5.41, 5.74) is 3.03. The number of guanidine groups is 1. The predicted molar refractivity (Wildman–Crippen MR) is 125 cm³/mol. The molecule has 2 aliphatic rings. The molecule has 2 N–H and O–H groups in total. The molecule has 170 valence electrons. The molecule has 7 nitrogen and oxygen atoms in total. The highest BCUT2D eigenvalue weighted by molar-refractivity contribution is 5.94. The number of benzene rings is 2. The lowest BCUT2D eigenvalue weighted by atomic mass is 10.1. The third-order valence-corrected chi connectivity index (χ3v) is 5.80. The molecule has 0 radical (unpaired) electrons. The third-order valence-electron chi connectivity index (χ3n) is 5.80. The minimum Gasteiger partial charge on any atom is -0.488 e. The molecule has 0 bridgehead atoms. The van der Waals surface area contributed by atoms with E-state index in [0.717, 1.165) is 23.7 Å². The smallest absolute Gasteiger partial charge is 0.254 e. The van der Waals surface area contributed by atoms with Gasteiger partial charge in [0, 0.05) is 38.7 Å². The third kappa shape index (κ3) is 5.40. The second-order valence-corrected chi connectivity index (χ2v) is 8.52. The van der Waals surface area contributed by atoms with Crippen LogP contribution in [0.3, 0.4) is 0 Å². The number of ether oxygens (including phenoxy) is 2. The Kier molecular flexibility index (Phi) is 6.95. The summed E-state index contributed by atoms with van der Waals surface area (Å²) in [6.45, 7) is 6.56. The molecule has 0 saturated carbocycles. The number of amides is 1. The van der Waals surface area contributed by atoms with E-state index >= 15 is 0 Å². The van der Waals surface area contributed by atoms with E-state index in [0.29, 0.717) is 31.7 Å². The van der Waals surface area contributed by atoms with Crippen molar-refractivity contribution in [2.45, 2.75) is 45.1 Å². The van der Waals surface area contributed by atoms with Gasteiger partial charge in [-0.2, -0.15) is 0 Å². The van der Waals surface area contributed by atoms with Gasteiger partial charge in [0.25, 0.3) is 5.91 Å². The molecule has 3 atom stereocenters. The molecule has 0 aromatic heterocycles. The Bertz CT molecular complexity index is 925. The first kappa shape index (κ1) is 22.1. The Balaban J connectivity index is 1.25. The summed E-state index contributed by atoms with van der Waals surface area (Å²) < 4.78 is 11.7. The second-order valence-electron chi connectivity index (χ2n) is 8.52. The van der Waals surface area contributed by atoms with Crippen LogP contribution >= 0.6 is 0 Å². The summed E-state index contributed by atoms with van der Waals surface area (Å²) in [6.07, 6.45) is 1.13. The van der Waals surface area contributed by atoms with Crippen molar-refractivity contribution < 1.29 is 14.3 Å². The lowest BCUT2D eigenvalue weighted by Gasteiger charge is -2.35. The number of para-hydroxylation sites is 1. The quantitative estimate of drug-likeness (QED) is 0.557. The van der Waals surface area contributed by atoms with E-state index in [1.807, 2.05) is 61.2 Å². The summed E-state index contributed by atoms with van der Waals surface area (Å²) in [7, 11) is 1.76. The highest BCUT2D eigenvalue weighted by atomic mass is 16.5. The van der Waals surface area contributed by atoms with Crippen LogP contribution in [-0.4, -0.2) is 61.8 Å². The Morgan fingerprint density at radius 1 is 1.06 bits per heavy atom. The maximum absolute atomic E-state index is 12.8. The molecule has 2 heterocycles. The van der Waals surface area contributed by atoms with Crippen molar-refractivity contribution >= 4 is 11.9 Å². The van der Waals surface area contributed by atoms with Gasteiger partial charge in [0.15, 0.2) is 5.96 Å². The van der Waals surface area contributed by atoms with Gasteiger partial charge in [0.05, 0.1) is 18.8 Å². The molecule has 1 amide bonds. The van der Waals surface area contributed by atoms with Crippen LogP contribution in [0.5, 0.6) is 5.75 Å². The summed E-state index contributed by atoms with van der Waals surface area (Å²) >= 11 is 0. The Labute approximate surface area is 189 Å². The zero-order chi connectivity index (χ0) is 22.5. The summed E-state index contributed by atoms with van der Waals surface area (Å²) in [5, 5.41) is 6.66. The van der Waals surface area contributed by atoms with Crippen molar-refractivity contribution in [2.75, 3.05) is 26.7 Å². The summed E-state index contributed by atoms with van der Waals surface area (Å²) in [6, 6.07) is 15.9. The molecule has 1 fully saturated rings. The fraction of sp³-hybridized carbons (Fsp3) is 0.440. The molecule has 2 aromatic rings. The van der Waals surface area contributed by atoms with Gasteiger partial charge in [-0.3, -0.25) is 9.79 Å². The number of rotatable bonds is 5. The van der Waals surface area contributed by atoms with Gasteiger partial charge >= 0.3 is 0 Å². The highest BCUT2D eigenvalue weighted by Gasteiger charge is 2.26. The fourth-order valence-electron chi connectivity index (χ4n) is 4.28. The van der Waals surface area contributed by atoms with Crippen molar-refractivity contribution in [3.8, 4) is 5.75 Å². The predicted octanol–water partition coefficient (Wildman–Crippen LogP) is 2.60. The van der Waals surface area contributed by atoms with Crippen LogP contribution in [0.25, 0.3) is 0 Å². The zero-order valence-corrected chi connectivity index (χ0v) is 19.0. The maximum Gasteiger partial charge on any atom is 0.254 e. The molecule has 32 heavy (non-hydrogen) atoms. The summed E-state index contributed by atoms with van der Waals surface area (Å²) in [5.74, 6) is 1.75. The second kappa shape index (κ2) is 10.0. The number of hydrogen-bond donors (Lipinski definition) is 2. The number of carbonyl (C=O) groups excluding carboxylic acids is 1. The molecule has 3 unspecified atom stereocenters. The van der Waals surface area contributed by atoms with Crippen LogP contribution in [0.4, 0.5) is 0 Å². The molecular formula is C25H32N4O3. The largest absolute Gasteiger partial charge is 0.488 e. The number of fused-ring (bicyclic) bond motifs is 1. The Morgan fingerprint density at radius 2 is 1.78 bits per heavy atom. The van der Waals surface area contributed by atoms with Crippen molar-refractivity contribution in [2.24, 2.45) is 4.99 Å². The van der Waals surface area contributed by atoms with Crippen molar-refractivity contribution in [1.29, 1.82) is 0 Å². The van der Waals surface area contributed by atoms with E-state index < -0.39 is 0 Å². The van der Waals surface area contributed by atoms with Crippen molar-refractivity contribution in [1.82, 2.24) is 15.5 Å². The van der Waals surface area contributed by atoms with E-state index in [2.05, 4.69) is 21.7 Å². The van der Waals surface area contributed by atoms with Crippen LogP contribution in [0, 0.1) is 0 Å². The molecule has 0 spiro atoms. The monoisotopic (exact) mass is 436 g/mol. The SMILES string of the molecule is CN=C(NCc1ccc(C(=O)N2CC(C)OC(C)C2)cc1)NCC1Cc2ccccc2O1. The number of carbonyl (C=O) groups is 1. The van der Waals surface area contributed by atoms with Gasteiger partial charge in [-0.25, -0.2) is 0 Å². The number of hydrogen-bond acceptors (Lipinski definition) is 4. The van der Waals surface area contributed by atoms with Crippen LogP contribution in [0.1, 0.15) is 35.3 Å². The highest BCUT2D eigenvalue weighted by Crippen LogP contribution is 2.27. The Hall–Kier alpha value is -3.06. The summed E-state index contributed by atoms with van der Waals surface area (Å²) in [4.78, 5) is 19.0. The topological polar surface area (TPSA) is 75.2 Å². The number of nitrogens with zero attached hydrogens (tertiary/aromatic N) is 2. The number of morpholine rings is 1. The average molecular weight is 437 g/mol. The van der Waals surface area contributed by atoms with E-state index in [1.165, 1.54) is 5.56 Å². The first-order valence-corrected chi connectivity index (χ1v) is 11.2. The van der Waals surface area contributed by atoms with E-state index in [1.54, 1.807) is 7.05 Å². The van der Waals surface area contributed by atoms with Crippen molar-refractivity contribution in [3.05, 3.63) is 65.2 Å². The first-order valence-electron chi connectivity index (χ1n) is 11.2. The van der Waals surface area contributed by atoms with Crippen LogP contribution in [-0.2, 0) is 17.7 Å². The van der Waals surface area contributed by atoms with Crippen LogP contribution in [0.2, 0.25) is 0 Å². The lowest BCUT2D eigenvalue weighted by Crippen LogP contribution is -2.48. The van der Waals surface area contributed by atoms with Crippen molar-refractivity contribution in [3.63, 3.8) is 0 Å². The number of nitrogens with one attached hydrogen (secondary N) is 2. The zero-order valence-electron chi connectivity index (χ0n) is 19.0. The van der Waals surface area contributed by atoms with Crippen LogP contribution < -0.4 is 15.4 Å². The van der Waals surface area contributed by atoms with E-state index in [4.69, 9.17) is 9.47 Å². The first-order chi connectivity index (χ1) is 15.5. The minimum atomic E-state index is 0.0570. The minimum absolute atomic E-state index is 0.0570. The molecule has 2 aliphatic heterocycles.